The van der Waals surface area contributed by atoms with E-state index in [2.05, 4.69) is 20.1 Å². The molecule has 11 heteroatoms. The first-order valence-corrected chi connectivity index (χ1v) is 10.2. The van der Waals surface area contributed by atoms with Crippen molar-refractivity contribution in [2.45, 2.75) is 25.7 Å². The minimum atomic E-state index is -4.41. The molecule has 1 fully saturated rings. The summed E-state index contributed by atoms with van der Waals surface area (Å²) < 4.78 is 38.4. The molecule has 0 saturated carbocycles. The van der Waals surface area contributed by atoms with Crippen molar-refractivity contribution >= 4 is 11.8 Å². The third-order valence-electron chi connectivity index (χ3n) is 5.70. The normalized spacial score (nSPS) is 17.3. The van der Waals surface area contributed by atoms with Crippen molar-refractivity contribution in [1.29, 1.82) is 0 Å². The van der Waals surface area contributed by atoms with Gasteiger partial charge in [-0.15, -0.1) is 0 Å². The monoisotopic (exact) mass is 461 g/mol. The quantitative estimate of drug-likeness (QED) is 0.533. The number of nitrogens with zero attached hydrogens (tertiary/aromatic N) is 4. The maximum atomic E-state index is 12.8. The molecule has 1 saturated heterocycles. The highest BCUT2D eigenvalue weighted by molar-refractivity contribution is 5.91. The van der Waals surface area contributed by atoms with Gasteiger partial charge in [-0.25, -0.2) is 9.78 Å². The number of aromatic nitrogens is 3. The Bertz CT molecular complexity index is 1150. The van der Waals surface area contributed by atoms with E-state index in [0.29, 0.717) is 43.3 Å². The first-order chi connectivity index (χ1) is 15.6. The Kier molecular flexibility index (Phi) is 5.98. The summed E-state index contributed by atoms with van der Waals surface area (Å²) in [5, 5.41) is 26.2. The summed E-state index contributed by atoms with van der Waals surface area (Å²) in [6.07, 6.45) is -1.80. The van der Waals surface area contributed by atoms with Crippen molar-refractivity contribution in [2.24, 2.45) is 0 Å². The van der Waals surface area contributed by atoms with Gasteiger partial charge < -0.3 is 15.1 Å². The van der Waals surface area contributed by atoms with Gasteiger partial charge in [0.1, 0.15) is 17.1 Å². The Labute approximate surface area is 187 Å². The summed E-state index contributed by atoms with van der Waals surface area (Å²) >= 11 is 0. The highest BCUT2D eigenvalue weighted by Gasteiger charge is 2.32. The number of carboxylic acids is 1. The fourth-order valence-electron chi connectivity index (χ4n) is 4.03. The number of hydrogen-bond donors (Lipinski definition) is 3. The zero-order valence-electron chi connectivity index (χ0n) is 17.7. The second-order valence-electron chi connectivity index (χ2n) is 7.98. The van der Waals surface area contributed by atoms with Crippen LogP contribution in [-0.4, -0.2) is 61.9 Å². The van der Waals surface area contributed by atoms with Gasteiger partial charge in [0, 0.05) is 55.7 Å². The standard InChI is InChI=1S/C22H22F3N5O3/c1-13-11-29(6-7-30(13)19-5-3-16(10-26-19)22(23,24)25)12-15-9-27-28-20(15)14-2-4-17(21(32)33)18(31)8-14/h2-5,8-10,13,31H,6-7,11-12H2,1H3,(H,27,28)(H,32,33)/t13-/m1/s1. The van der Waals surface area contributed by atoms with Crippen molar-refractivity contribution in [1.82, 2.24) is 20.1 Å². The molecule has 0 radical (unpaired) electrons. The topological polar surface area (TPSA) is 106 Å². The largest absolute Gasteiger partial charge is 0.507 e. The van der Waals surface area contributed by atoms with Gasteiger partial charge in [-0.1, -0.05) is 6.07 Å². The van der Waals surface area contributed by atoms with Crippen LogP contribution in [0.15, 0.2) is 42.7 Å². The van der Waals surface area contributed by atoms with Crippen molar-refractivity contribution < 1.29 is 28.2 Å². The fraction of sp³-hybridized carbons (Fsp3) is 0.318. The summed E-state index contributed by atoms with van der Waals surface area (Å²) in [6.45, 7) is 4.48. The number of H-pyrrole nitrogens is 1. The van der Waals surface area contributed by atoms with Gasteiger partial charge >= 0.3 is 12.1 Å². The smallest absolute Gasteiger partial charge is 0.417 e. The van der Waals surface area contributed by atoms with Gasteiger partial charge in [-0.05, 0) is 31.2 Å². The number of pyridine rings is 1. The average molecular weight is 461 g/mol. The number of halogens is 3. The van der Waals surface area contributed by atoms with Crippen LogP contribution >= 0.6 is 0 Å². The second kappa shape index (κ2) is 8.74. The van der Waals surface area contributed by atoms with Crippen LogP contribution in [0.2, 0.25) is 0 Å². The third kappa shape index (κ3) is 4.77. The highest BCUT2D eigenvalue weighted by atomic mass is 19.4. The van der Waals surface area contributed by atoms with Crippen molar-refractivity contribution in [3.63, 3.8) is 0 Å². The molecule has 0 unspecified atom stereocenters. The van der Waals surface area contributed by atoms with Crippen LogP contribution in [0.4, 0.5) is 19.0 Å². The van der Waals surface area contributed by atoms with Crippen LogP contribution in [0.3, 0.4) is 0 Å². The molecule has 1 aromatic carbocycles. The lowest BCUT2D eigenvalue weighted by atomic mass is 10.0. The molecule has 33 heavy (non-hydrogen) atoms. The van der Waals surface area contributed by atoms with Gasteiger partial charge in [0.15, 0.2) is 0 Å². The SMILES string of the molecule is C[C@@H]1CN(Cc2c[nH]nc2-c2ccc(C(=O)O)c(O)c2)CCN1c1ccc(C(F)(F)F)cn1. The molecule has 0 bridgehead atoms. The van der Waals surface area contributed by atoms with Crippen molar-refractivity contribution in [3.05, 3.63) is 59.4 Å². The van der Waals surface area contributed by atoms with Gasteiger partial charge in [0.2, 0.25) is 0 Å². The molecule has 174 valence electrons. The van der Waals surface area contributed by atoms with Crippen LogP contribution in [0.5, 0.6) is 5.75 Å². The van der Waals surface area contributed by atoms with E-state index in [4.69, 9.17) is 5.11 Å². The maximum absolute atomic E-state index is 12.8. The zero-order chi connectivity index (χ0) is 23.8. The number of alkyl halides is 3. The summed E-state index contributed by atoms with van der Waals surface area (Å²) in [7, 11) is 0. The Hall–Kier alpha value is -3.60. The molecular formula is C22H22F3N5O3. The number of carboxylic acid groups (broad SMARTS) is 1. The first kappa shape index (κ1) is 22.6. The van der Waals surface area contributed by atoms with E-state index in [1.54, 1.807) is 12.3 Å². The van der Waals surface area contributed by atoms with Crippen LogP contribution < -0.4 is 4.90 Å². The Morgan fingerprint density at radius 1 is 1.24 bits per heavy atom. The summed E-state index contributed by atoms with van der Waals surface area (Å²) in [5.74, 6) is -1.04. The van der Waals surface area contributed by atoms with Crippen molar-refractivity contribution in [2.75, 3.05) is 24.5 Å². The number of rotatable bonds is 5. The Balaban J connectivity index is 1.44. The molecule has 3 heterocycles. The molecule has 1 aliphatic rings. The average Bonchev–Trinajstić information content (AvgIpc) is 3.21. The third-order valence-corrected chi connectivity index (χ3v) is 5.70. The lowest BCUT2D eigenvalue weighted by molar-refractivity contribution is -0.137. The van der Waals surface area contributed by atoms with Crippen LogP contribution in [-0.2, 0) is 12.7 Å². The van der Waals surface area contributed by atoms with Crippen molar-refractivity contribution in [3.8, 4) is 17.0 Å². The number of aromatic hydroxyl groups is 1. The van der Waals surface area contributed by atoms with Crippen LogP contribution in [0.1, 0.15) is 28.4 Å². The number of phenols is 1. The second-order valence-corrected chi connectivity index (χ2v) is 7.98. The molecule has 1 atom stereocenters. The zero-order valence-corrected chi connectivity index (χ0v) is 17.7. The van der Waals surface area contributed by atoms with Gasteiger partial charge in [-0.3, -0.25) is 10.00 Å². The van der Waals surface area contributed by atoms with E-state index in [9.17, 15) is 23.1 Å². The number of benzene rings is 1. The molecule has 4 rings (SSSR count). The lowest BCUT2D eigenvalue weighted by Crippen LogP contribution is -2.51. The van der Waals surface area contributed by atoms with E-state index in [1.165, 1.54) is 18.2 Å². The summed E-state index contributed by atoms with van der Waals surface area (Å²) in [5.41, 5.74) is 1.13. The summed E-state index contributed by atoms with van der Waals surface area (Å²) in [4.78, 5) is 19.3. The maximum Gasteiger partial charge on any atom is 0.417 e. The molecule has 3 N–H and O–H groups in total. The number of aromatic carboxylic acids is 1. The Morgan fingerprint density at radius 2 is 2.03 bits per heavy atom. The minimum Gasteiger partial charge on any atom is -0.507 e. The van der Waals surface area contributed by atoms with Gasteiger partial charge in [0.05, 0.1) is 11.3 Å². The molecular weight excluding hydrogens is 439 g/mol. The van der Waals surface area contributed by atoms with E-state index in [1.807, 2.05) is 11.8 Å². The molecule has 1 aliphatic heterocycles. The van der Waals surface area contributed by atoms with E-state index in [-0.39, 0.29) is 17.4 Å². The summed E-state index contributed by atoms with van der Waals surface area (Å²) in [6, 6.07) is 6.78. The molecule has 3 aromatic rings. The highest BCUT2D eigenvalue weighted by Crippen LogP contribution is 2.31. The number of hydrogen-bond acceptors (Lipinski definition) is 6. The predicted molar refractivity (Wildman–Crippen MR) is 114 cm³/mol. The van der Waals surface area contributed by atoms with E-state index < -0.39 is 17.7 Å². The van der Waals surface area contributed by atoms with Crippen LogP contribution in [0.25, 0.3) is 11.3 Å². The number of aromatic amines is 1. The first-order valence-electron chi connectivity index (χ1n) is 10.2. The molecule has 0 amide bonds. The molecule has 0 spiro atoms. The number of piperazine rings is 1. The molecule has 2 aromatic heterocycles. The predicted octanol–water partition coefficient (Wildman–Crippen LogP) is 3.61. The van der Waals surface area contributed by atoms with E-state index >= 15 is 0 Å². The number of anilines is 1. The number of nitrogens with one attached hydrogen (secondary N) is 1. The molecule has 0 aliphatic carbocycles. The van der Waals surface area contributed by atoms with Gasteiger partial charge in [0.25, 0.3) is 0 Å². The van der Waals surface area contributed by atoms with Crippen LogP contribution in [0, 0.1) is 0 Å². The minimum absolute atomic E-state index is 0.0252. The van der Waals surface area contributed by atoms with Gasteiger partial charge in [-0.2, -0.15) is 18.3 Å². The fourth-order valence-corrected chi connectivity index (χ4v) is 4.03. The number of carbonyl (C=O) groups is 1. The lowest BCUT2D eigenvalue weighted by Gasteiger charge is -2.40. The molecule has 8 nitrogen and oxygen atoms in total. The Morgan fingerprint density at radius 3 is 2.64 bits per heavy atom. The van der Waals surface area contributed by atoms with E-state index in [0.717, 1.165) is 17.8 Å².